The smallest absolute Gasteiger partial charge is 0.296 e. The van der Waals surface area contributed by atoms with Gasteiger partial charge < -0.3 is 19.5 Å². The first-order chi connectivity index (χ1) is 15.9. The lowest BCUT2D eigenvalue weighted by Crippen LogP contribution is -2.29. The maximum absolute atomic E-state index is 13.2. The van der Waals surface area contributed by atoms with E-state index in [1.54, 1.807) is 18.3 Å². The molecule has 33 heavy (non-hydrogen) atoms. The lowest BCUT2D eigenvalue weighted by atomic mass is 9.97. The van der Waals surface area contributed by atoms with E-state index in [0.29, 0.717) is 11.4 Å². The first-order valence-corrected chi connectivity index (χ1v) is 11.3. The van der Waals surface area contributed by atoms with Crippen molar-refractivity contribution in [2.75, 3.05) is 14.2 Å². The number of likely N-dealkylation sites (tertiary alicyclic amines) is 1. The molecule has 0 spiro atoms. The van der Waals surface area contributed by atoms with Gasteiger partial charge in [0.25, 0.3) is 11.7 Å². The van der Waals surface area contributed by atoms with Crippen LogP contribution in [0.5, 0.6) is 11.5 Å². The summed E-state index contributed by atoms with van der Waals surface area (Å²) in [6.45, 7) is 2.02. The quantitative estimate of drug-likeness (QED) is 0.309. The number of hydrogen-bond acceptors (Lipinski definition) is 7. The lowest BCUT2D eigenvalue weighted by Gasteiger charge is -2.24. The van der Waals surface area contributed by atoms with Gasteiger partial charge in [-0.25, -0.2) is 0 Å². The number of hydrogen-bond donors (Lipinski definition) is 1. The Morgan fingerprint density at radius 1 is 1.18 bits per heavy atom. The van der Waals surface area contributed by atoms with Crippen molar-refractivity contribution >= 4 is 40.4 Å². The average molecular weight is 485 g/mol. The number of aliphatic hydroxyl groups excluding tert-OH is 1. The van der Waals surface area contributed by atoms with Crippen molar-refractivity contribution in [2.24, 2.45) is 0 Å². The molecule has 3 aromatic rings. The number of ketones is 1. The summed E-state index contributed by atoms with van der Waals surface area (Å²) in [5.74, 6) is -1.31. The first kappa shape index (κ1) is 22.8. The van der Waals surface area contributed by atoms with Crippen LogP contribution in [0, 0.1) is 6.92 Å². The molecule has 2 aromatic heterocycles. The molecule has 0 bridgehead atoms. The molecule has 0 radical (unpaired) electrons. The number of aromatic nitrogens is 1. The second-order valence-electron chi connectivity index (χ2n) is 7.40. The fraction of sp³-hybridized carbons (Fsp3) is 0.208. The molecule has 1 N–H and O–H groups in total. The van der Waals surface area contributed by atoms with Crippen LogP contribution in [0.1, 0.15) is 27.7 Å². The minimum absolute atomic E-state index is 0.0239. The Labute approximate surface area is 199 Å². The summed E-state index contributed by atoms with van der Waals surface area (Å²) in [7, 11) is 2.87. The van der Waals surface area contributed by atoms with E-state index >= 15 is 0 Å². The molecule has 0 saturated carbocycles. The van der Waals surface area contributed by atoms with Crippen molar-refractivity contribution in [3.63, 3.8) is 0 Å². The number of benzene rings is 1. The number of aryl methyl sites for hydroxylation is 1. The third-order valence-electron chi connectivity index (χ3n) is 5.48. The number of nitrogens with zero attached hydrogens (tertiary/aromatic N) is 2. The van der Waals surface area contributed by atoms with Gasteiger partial charge in [-0.3, -0.25) is 14.6 Å². The summed E-state index contributed by atoms with van der Waals surface area (Å²) in [5.41, 5.74) is 1.71. The van der Waals surface area contributed by atoms with E-state index in [1.165, 1.54) is 42.6 Å². The predicted octanol–water partition coefficient (Wildman–Crippen LogP) is 4.74. The molecule has 4 rings (SSSR count). The fourth-order valence-electron chi connectivity index (χ4n) is 3.84. The SMILES string of the molecule is COc1cc(/C(O)=C2\C(=O)C(=O)N(Cc3ccccn3)C2c2sccc2C)c(OC)cc1Cl. The largest absolute Gasteiger partial charge is 0.507 e. The molecule has 1 atom stereocenters. The second-order valence-corrected chi connectivity index (χ2v) is 8.76. The highest BCUT2D eigenvalue weighted by Gasteiger charge is 2.47. The topological polar surface area (TPSA) is 89.0 Å². The Balaban J connectivity index is 1.92. The van der Waals surface area contributed by atoms with Crippen LogP contribution >= 0.6 is 22.9 Å². The number of carbonyl (C=O) groups excluding carboxylic acids is 2. The van der Waals surface area contributed by atoms with E-state index in [1.807, 2.05) is 24.4 Å². The van der Waals surface area contributed by atoms with Gasteiger partial charge in [-0.15, -0.1) is 11.3 Å². The molecular formula is C24H21ClN2O5S. The van der Waals surface area contributed by atoms with Crippen molar-refractivity contribution < 1.29 is 24.2 Å². The van der Waals surface area contributed by atoms with Gasteiger partial charge in [-0.2, -0.15) is 0 Å². The Morgan fingerprint density at radius 2 is 1.94 bits per heavy atom. The highest BCUT2D eigenvalue weighted by Crippen LogP contribution is 2.45. The zero-order valence-corrected chi connectivity index (χ0v) is 19.7. The summed E-state index contributed by atoms with van der Waals surface area (Å²) in [6, 6.07) is 9.48. The number of Topliss-reactive ketones (excluding diaryl/α,β-unsaturated/α-hetero) is 1. The van der Waals surface area contributed by atoms with Crippen molar-refractivity contribution in [1.29, 1.82) is 0 Å². The van der Waals surface area contributed by atoms with Gasteiger partial charge in [0.1, 0.15) is 23.3 Å². The predicted molar refractivity (Wildman–Crippen MR) is 126 cm³/mol. The van der Waals surface area contributed by atoms with Crippen LogP contribution in [0.2, 0.25) is 5.02 Å². The Bertz CT molecular complexity index is 1250. The molecule has 1 aliphatic heterocycles. The molecule has 1 unspecified atom stereocenters. The van der Waals surface area contributed by atoms with Gasteiger partial charge in [0.15, 0.2) is 0 Å². The molecule has 1 saturated heterocycles. The number of ether oxygens (including phenoxy) is 2. The maximum Gasteiger partial charge on any atom is 0.296 e. The minimum atomic E-state index is -0.780. The molecule has 1 aromatic carbocycles. The lowest BCUT2D eigenvalue weighted by molar-refractivity contribution is -0.140. The number of halogens is 1. The van der Waals surface area contributed by atoms with Crippen LogP contribution in [0.3, 0.4) is 0 Å². The molecule has 170 valence electrons. The van der Waals surface area contributed by atoms with Gasteiger partial charge >= 0.3 is 0 Å². The summed E-state index contributed by atoms with van der Waals surface area (Å²) in [6.07, 6.45) is 1.63. The minimum Gasteiger partial charge on any atom is -0.507 e. The second kappa shape index (κ2) is 9.25. The third kappa shape index (κ3) is 4.07. The average Bonchev–Trinajstić information content (AvgIpc) is 3.34. The Hall–Kier alpha value is -3.36. The van der Waals surface area contributed by atoms with E-state index in [9.17, 15) is 14.7 Å². The van der Waals surface area contributed by atoms with Crippen LogP contribution in [0.4, 0.5) is 0 Å². The van der Waals surface area contributed by atoms with Crippen LogP contribution < -0.4 is 9.47 Å². The number of rotatable bonds is 6. The fourth-order valence-corrected chi connectivity index (χ4v) is 5.11. The molecule has 1 aliphatic rings. The maximum atomic E-state index is 13.2. The normalized spacial score (nSPS) is 17.5. The number of methoxy groups -OCH3 is 2. The van der Waals surface area contributed by atoms with E-state index in [4.69, 9.17) is 21.1 Å². The Kier molecular flexibility index (Phi) is 6.40. The summed E-state index contributed by atoms with van der Waals surface area (Å²) >= 11 is 7.62. The van der Waals surface area contributed by atoms with Crippen LogP contribution in [-0.2, 0) is 16.1 Å². The van der Waals surface area contributed by atoms with Gasteiger partial charge in [0.05, 0.1) is 42.6 Å². The summed E-state index contributed by atoms with van der Waals surface area (Å²) < 4.78 is 10.7. The third-order valence-corrected chi connectivity index (χ3v) is 6.84. The Morgan fingerprint density at radius 3 is 2.55 bits per heavy atom. The van der Waals surface area contributed by atoms with Crippen molar-refractivity contribution in [3.8, 4) is 11.5 Å². The van der Waals surface area contributed by atoms with Crippen molar-refractivity contribution in [3.05, 3.63) is 80.3 Å². The molecule has 1 fully saturated rings. The van der Waals surface area contributed by atoms with Gasteiger partial charge in [-0.05, 0) is 42.1 Å². The molecule has 0 aliphatic carbocycles. The van der Waals surface area contributed by atoms with Crippen molar-refractivity contribution in [2.45, 2.75) is 19.5 Å². The van der Waals surface area contributed by atoms with Crippen LogP contribution in [0.15, 0.2) is 53.5 Å². The summed E-state index contributed by atoms with van der Waals surface area (Å²) in [4.78, 5) is 32.9. The summed E-state index contributed by atoms with van der Waals surface area (Å²) in [5, 5.41) is 13.5. The number of aliphatic hydroxyl groups is 1. The monoisotopic (exact) mass is 484 g/mol. The number of carbonyl (C=O) groups is 2. The van der Waals surface area contributed by atoms with Crippen LogP contribution in [0.25, 0.3) is 5.76 Å². The highest BCUT2D eigenvalue weighted by atomic mass is 35.5. The van der Waals surface area contributed by atoms with Crippen molar-refractivity contribution in [1.82, 2.24) is 9.88 Å². The van der Waals surface area contributed by atoms with Gasteiger partial charge in [0, 0.05) is 17.1 Å². The first-order valence-electron chi connectivity index (χ1n) is 10.0. The molecule has 3 heterocycles. The van der Waals surface area contributed by atoms with Gasteiger partial charge in [-0.1, -0.05) is 17.7 Å². The zero-order chi connectivity index (χ0) is 23.7. The van der Waals surface area contributed by atoms with Gasteiger partial charge in [0.2, 0.25) is 0 Å². The molecule has 1 amide bonds. The standard InChI is InChI=1S/C24H21ClN2O5S/c1-13-7-9-33-23(13)20-19(21(28)15-10-18(32-3)16(25)11-17(15)31-2)22(29)24(30)27(20)12-14-6-4-5-8-26-14/h4-11,20,28H,12H2,1-3H3/b21-19+. The molecule has 7 nitrogen and oxygen atoms in total. The number of pyridine rings is 1. The number of amides is 1. The van der Waals surface area contributed by atoms with E-state index in [0.717, 1.165) is 10.4 Å². The molecular weight excluding hydrogens is 464 g/mol. The molecule has 9 heteroatoms. The number of thiophene rings is 1. The van der Waals surface area contributed by atoms with E-state index in [2.05, 4.69) is 4.98 Å². The van der Waals surface area contributed by atoms with E-state index < -0.39 is 17.7 Å². The van der Waals surface area contributed by atoms with E-state index in [-0.39, 0.29) is 34.2 Å². The highest BCUT2D eigenvalue weighted by molar-refractivity contribution is 7.10. The van der Waals surface area contributed by atoms with Crippen LogP contribution in [-0.4, -0.2) is 40.9 Å². The zero-order valence-electron chi connectivity index (χ0n) is 18.2.